The molecule has 2 heteroatoms. The molecule has 0 amide bonds. The van der Waals surface area contributed by atoms with Crippen LogP contribution in [0.2, 0.25) is 0 Å². The molecule has 1 heterocycles. The van der Waals surface area contributed by atoms with Crippen LogP contribution in [0.1, 0.15) is 70.3 Å². The summed E-state index contributed by atoms with van der Waals surface area (Å²) < 4.78 is 1.28. The third-order valence-electron chi connectivity index (χ3n) is 4.88. The monoisotopic (exact) mass is 351 g/mol. The number of benzene rings is 1. The van der Waals surface area contributed by atoms with Gasteiger partial charge in [-0.1, -0.05) is 92.4 Å². The molecular formula is C19H30BrN. The van der Waals surface area contributed by atoms with Crippen LogP contribution in [-0.2, 0) is 5.41 Å². The number of halogens is 1. The van der Waals surface area contributed by atoms with Crippen molar-refractivity contribution in [3.63, 3.8) is 0 Å². The lowest BCUT2D eigenvalue weighted by molar-refractivity contribution is 0.248. The summed E-state index contributed by atoms with van der Waals surface area (Å²) in [6, 6.07) is 8.77. The summed E-state index contributed by atoms with van der Waals surface area (Å²) in [4.78, 5) is 0. The van der Waals surface area contributed by atoms with E-state index in [2.05, 4.69) is 52.4 Å². The van der Waals surface area contributed by atoms with Gasteiger partial charge in [0.05, 0.1) is 0 Å². The Hall–Kier alpha value is -0.340. The van der Waals surface area contributed by atoms with Crippen LogP contribution in [0.25, 0.3) is 0 Å². The molecular weight excluding hydrogens is 322 g/mol. The first-order valence-corrected chi connectivity index (χ1v) is 9.53. The van der Waals surface area contributed by atoms with E-state index in [1.165, 1.54) is 67.8 Å². The molecule has 1 fully saturated rings. The van der Waals surface area contributed by atoms with Crippen LogP contribution in [0.5, 0.6) is 0 Å². The third kappa shape index (κ3) is 4.82. The van der Waals surface area contributed by atoms with Crippen molar-refractivity contribution in [3.8, 4) is 0 Å². The van der Waals surface area contributed by atoms with Gasteiger partial charge < -0.3 is 5.32 Å². The largest absolute Gasteiger partial charge is 0.315 e. The summed E-state index contributed by atoms with van der Waals surface area (Å²) in [5.41, 5.74) is 1.90. The molecule has 0 radical (unpaired) electrons. The first-order valence-electron chi connectivity index (χ1n) is 8.74. The fourth-order valence-electron chi connectivity index (χ4n) is 3.42. The number of hydrogen-bond donors (Lipinski definition) is 1. The van der Waals surface area contributed by atoms with E-state index in [-0.39, 0.29) is 0 Å². The standard InChI is InChI=1S/C19H30BrN/c1-2-3-4-5-6-7-8-11-14-19(15-21-16-19)17-12-9-10-13-18(17)20/h9-10,12-13,21H,2-8,11,14-16H2,1H3. The summed E-state index contributed by atoms with van der Waals surface area (Å²) in [6.45, 7) is 4.58. The highest BCUT2D eigenvalue weighted by Crippen LogP contribution is 2.38. The Kier molecular flexibility index (Phi) is 7.25. The van der Waals surface area contributed by atoms with Gasteiger partial charge >= 0.3 is 0 Å². The van der Waals surface area contributed by atoms with Gasteiger partial charge in [-0.15, -0.1) is 0 Å². The number of rotatable bonds is 10. The lowest BCUT2D eigenvalue weighted by Crippen LogP contribution is -2.56. The molecule has 0 aliphatic carbocycles. The quantitative estimate of drug-likeness (QED) is 0.523. The van der Waals surface area contributed by atoms with Gasteiger partial charge in [-0.25, -0.2) is 0 Å². The van der Waals surface area contributed by atoms with Gasteiger partial charge in [0, 0.05) is 23.0 Å². The Bertz CT molecular complexity index is 412. The topological polar surface area (TPSA) is 12.0 Å². The molecule has 21 heavy (non-hydrogen) atoms. The average molecular weight is 352 g/mol. The fraction of sp³-hybridized carbons (Fsp3) is 0.684. The fourth-order valence-corrected chi connectivity index (χ4v) is 4.12. The van der Waals surface area contributed by atoms with Crippen molar-refractivity contribution in [1.82, 2.24) is 5.32 Å². The lowest BCUT2D eigenvalue weighted by atomic mass is 9.71. The van der Waals surface area contributed by atoms with E-state index < -0.39 is 0 Å². The van der Waals surface area contributed by atoms with Crippen molar-refractivity contribution in [2.75, 3.05) is 13.1 Å². The Balaban J connectivity index is 1.70. The maximum atomic E-state index is 3.74. The SMILES string of the molecule is CCCCCCCCCCC1(c2ccccc2Br)CNC1. The normalized spacial score (nSPS) is 16.7. The van der Waals surface area contributed by atoms with Gasteiger partial charge in [-0.05, 0) is 18.1 Å². The van der Waals surface area contributed by atoms with Crippen molar-refractivity contribution < 1.29 is 0 Å². The van der Waals surface area contributed by atoms with E-state index in [0.717, 1.165) is 13.1 Å². The molecule has 0 saturated carbocycles. The van der Waals surface area contributed by atoms with Crippen molar-refractivity contribution in [1.29, 1.82) is 0 Å². The summed E-state index contributed by atoms with van der Waals surface area (Å²) in [7, 11) is 0. The van der Waals surface area contributed by atoms with Crippen LogP contribution >= 0.6 is 15.9 Å². The number of nitrogens with one attached hydrogen (secondary N) is 1. The second kappa shape index (κ2) is 8.95. The summed E-state index contributed by atoms with van der Waals surface area (Å²) >= 11 is 3.74. The van der Waals surface area contributed by atoms with Gasteiger partial charge in [0.1, 0.15) is 0 Å². The molecule has 1 N–H and O–H groups in total. The molecule has 2 rings (SSSR count). The van der Waals surface area contributed by atoms with Crippen molar-refractivity contribution in [3.05, 3.63) is 34.3 Å². The van der Waals surface area contributed by atoms with E-state index in [1.54, 1.807) is 0 Å². The van der Waals surface area contributed by atoms with Crippen LogP contribution in [0.4, 0.5) is 0 Å². The molecule has 1 nitrogen and oxygen atoms in total. The van der Waals surface area contributed by atoms with Gasteiger partial charge in [-0.2, -0.15) is 0 Å². The van der Waals surface area contributed by atoms with Crippen LogP contribution in [0, 0.1) is 0 Å². The molecule has 118 valence electrons. The van der Waals surface area contributed by atoms with Gasteiger partial charge in [-0.3, -0.25) is 0 Å². The van der Waals surface area contributed by atoms with Gasteiger partial charge in [0.15, 0.2) is 0 Å². The molecule has 1 aromatic carbocycles. The minimum atomic E-state index is 0.391. The molecule has 0 aromatic heterocycles. The van der Waals surface area contributed by atoms with Gasteiger partial charge in [0.2, 0.25) is 0 Å². The predicted octanol–water partition coefficient (Wildman–Crippen LogP) is 5.82. The van der Waals surface area contributed by atoms with Crippen LogP contribution in [-0.4, -0.2) is 13.1 Å². The highest BCUT2D eigenvalue weighted by atomic mass is 79.9. The van der Waals surface area contributed by atoms with Crippen molar-refractivity contribution >= 4 is 15.9 Å². The highest BCUT2D eigenvalue weighted by molar-refractivity contribution is 9.10. The average Bonchev–Trinajstić information content (AvgIpc) is 2.45. The second-order valence-electron chi connectivity index (χ2n) is 6.59. The zero-order chi connectivity index (χ0) is 15.0. The molecule has 1 saturated heterocycles. The van der Waals surface area contributed by atoms with E-state index in [0.29, 0.717) is 5.41 Å². The molecule has 0 atom stereocenters. The Morgan fingerprint density at radius 2 is 1.57 bits per heavy atom. The first kappa shape index (κ1) is 17.0. The molecule has 0 spiro atoms. The molecule has 0 bridgehead atoms. The van der Waals surface area contributed by atoms with Crippen LogP contribution in [0.3, 0.4) is 0 Å². The lowest BCUT2D eigenvalue weighted by Gasteiger charge is -2.44. The van der Waals surface area contributed by atoms with Crippen molar-refractivity contribution in [2.24, 2.45) is 0 Å². The van der Waals surface area contributed by atoms with Crippen molar-refractivity contribution in [2.45, 2.75) is 70.1 Å². The summed E-state index contributed by atoms with van der Waals surface area (Å²) in [6.07, 6.45) is 12.6. The molecule has 1 aromatic rings. The van der Waals surface area contributed by atoms with Crippen LogP contribution < -0.4 is 5.32 Å². The Labute approximate surface area is 139 Å². The summed E-state index contributed by atoms with van der Waals surface area (Å²) in [5.74, 6) is 0. The first-order chi connectivity index (χ1) is 10.3. The Morgan fingerprint density at radius 3 is 2.14 bits per heavy atom. The maximum absolute atomic E-state index is 3.74. The maximum Gasteiger partial charge on any atom is 0.0213 e. The van der Waals surface area contributed by atoms with E-state index in [9.17, 15) is 0 Å². The van der Waals surface area contributed by atoms with E-state index >= 15 is 0 Å². The molecule has 0 unspecified atom stereocenters. The predicted molar refractivity (Wildman–Crippen MR) is 95.9 cm³/mol. The zero-order valence-corrected chi connectivity index (χ0v) is 15.1. The number of hydrogen-bond acceptors (Lipinski definition) is 1. The molecule has 1 aliphatic heterocycles. The van der Waals surface area contributed by atoms with Gasteiger partial charge in [0.25, 0.3) is 0 Å². The smallest absolute Gasteiger partial charge is 0.0213 e. The Morgan fingerprint density at radius 1 is 0.952 bits per heavy atom. The van der Waals surface area contributed by atoms with Crippen LogP contribution in [0.15, 0.2) is 28.7 Å². The minimum Gasteiger partial charge on any atom is -0.315 e. The van der Waals surface area contributed by atoms with E-state index in [1.807, 2.05) is 0 Å². The zero-order valence-electron chi connectivity index (χ0n) is 13.5. The number of unbranched alkanes of at least 4 members (excludes halogenated alkanes) is 7. The highest BCUT2D eigenvalue weighted by Gasteiger charge is 2.38. The van der Waals surface area contributed by atoms with E-state index in [4.69, 9.17) is 0 Å². The second-order valence-corrected chi connectivity index (χ2v) is 7.44. The summed E-state index contributed by atoms with van der Waals surface area (Å²) in [5, 5.41) is 3.48. The minimum absolute atomic E-state index is 0.391. The third-order valence-corrected chi connectivity index (χ3v) is 5.57. The molecule has 1 aliphatic rings.